The monoisotopic (exact) mass is 347 g/mol. The zero-order chi connectivity index (χ0) is 17.9. The molecule has 1 amide bonds. The summed E-state index contributed by atoms with van der Waals surface area (Å²) in [5.41, 5.74) is 2.05. The van der Waals surface area contributed by atoms with E-state index in [0.29, 0.717) is 17.5 Å². The minimum atomic E-state index is 0.227. The van der Waals surface area contributed by atoms with Crippen molar-refractivity contribution in [3.05, 3.63) is 53.4 Å². The summed E-state index contributed by atoms with van der Waals surface area (Å²) in [5, 5.41) is 5.66. The van der Waals surface area contributed by atoms with Gasteiger partial charge in [-0.1, -0.05) is 30.3 Å². The van der Waals surface area contributed by atoms with Crippen molar-refractivity contribution < 1.29 is 4.79 Å². The van der Waals surface area contributed by atoms with Gasteiger partial charge in [-0.2, -0.15) is 0 Å². The van der Waals surface area contributed by atoms with E-state index >= 15 is 0 Å². The molecule has 2 fully saturated rings. The van der Waals surface area contributed by atoms with Crippen molar-refractivity contribution in [3.63, 3.8) is 0 Å². The highest BCUT2D eigenvalue weighted by Crippen LogP contribution is 2.32. The van der Waals surface area contributed by atoms with Gasteiger partial charge in [-0.15, -0.1) is 0 Å². The molecule has 4 nitrogen and oxygen atoms in total. The van der Waals surface area contributed by atoms with Crippen molar-refractivity contribution in [1.29, 1.82) is 0 Å². The average molecular weight is 347 g/mol. The number of fused-ring (bicyclic) bond motifs is 1. The second kappa shape index (κ2) is 7.47. The molecule has 26 heavy (non-hydrogen) atoms. The van der Waals surface area contributed by atoms with Crippen LogP contribution in [-0.4, -0.2) is 37.0 Å². The van der Waals surface area contributed by atoms with E-state index < -0.39 is 0 Å². The Bertz CT molecular complexity index is 840. The van der Waals surface area contributed by atoms with Gasteiger partial charge in [0.15, 0.2) is 5.69 Å². The van der Waals surface area contributed by atoms with E-state index in [0.717, 1.165) is 57.2 Å². The van der Waals surface area contributed by atoms with Crippen LogP contribution in [0, 0.1) is 12.5 Å². The standard InChI is InChI=1S/C22H25N3O/c1-23-21-5-4-19-14-18(2-3-20(19)15-21)16-8-12-25(13-9-16)22(26)17-6-10-24-11-7-17/h2-5,14-17,24H,6-13H2. The molecule has 0 aliphatic carbocycles. The van der Waals surface area contributed by atoms with Gasteiger partial charge in [0.1, 0.15) is 0 Å². The zero-order valence-electron chi connectivity index (χ0n) is 15.1. The summed E-state index contributed by atoms with van der Waals surface area (Å²) in [6.45, 7) is 10.8. The fraction of sp³-hybridized carbons (Fsp3) is 0.455. The van der Waals surface area contributed by atoms with Crippen LogP contribution in [0.3, 0.4) is 0 Å². The van der Waals surface area contributed by atoms with E-state index in [-0.39, 0.29) is 5.92 Å². The second-order valence-electron chi connectivity index (χ2n) is 7.53. The van der Waals surface area contributed by atoms with Crippen molar-refractivity contribution >= 4 is 22.4 Å². The molecular formula is C22H25N3O. The largest absolute Gasteiger partial charge is 0.342 e. The first-order valence-corrected chi connectivity index (χ1v) is 9.65. The number of hydrogen-bond acceptors (Lipinski definition) is 2. The van der Waals surface area contributed by atoms with Crippen molar-refractivity contribution in [2.75, 3.05) is 26.2 Å². The Morgan fingerprint density at radius 1 is 1.00 bits per heavy atom. The fourth-order valence-corrected chi connectivity index (χ4v) is 4.34. The molecule has 2 aliphatic rings. The number of nitrogens with zero attached hydrogens (tertiary/aromatic N) is 2. The highest BCUT2D eigenvalue weighted by Gasteiger charge is 2.29. The van der Waals surface area contributed by atoms with Crippen LogP contribution < -0.4 is 5.32 Å². The van der Waals surface area contributed by atoms with Gasteiger partial charge in [-0.3, -0.25) is 4.79 Å². The third-order valence-electron chi connectivity index (χ3n) is 5.94. The van der Waals surface area contributed by atoms with Crippen molar-refractivity contribution in [2.24, 2.45) is 5.92 Å². The van der Waals surface area contributed by atoms with Crippen molar-refractivity contribution in [3.8, 4) is 0 Å². The van der Waals surface area contributed by atoms with Crippen LogP contribution in [0.25, 0.3) is 15.6 Å². The minimum absolute atomic E-state index is 0.227. The number of carbonyl (C=O) groups excluding carboxylic acids is 1. The van der Waals surface area contributed by atoms with E-state index in [1.165, 1.54) is 10.9 Å². The number of carbonyl (C=O) groups is 1. The van der Waals surface area contributed by atoms with Crippen LogP contribution in [0.2, 0.25) is 0 Å². The lowest BCUT2D eigenvalue weighted by Gasteiger charge is -2.35. The minimum Gasteiger partial charge on any atom is -0.342 e. The molecule has 0 radical (unpaired) electrons. The summed E-state index contributed by atoms with van der Waals surface area (Å²) in [6, 6.07) is 12.5. The molecule has 0 spiro atoms. The number of hydrogen-bond donors (Lipinski definition) is 1. The number of nitrogens with one attached hydrogen (secondary N) is 1. The SMILES string of the molecule is [C-]#[N+]c1ccc2cc(C3CCN(C(=O)C4CCNCC4)CC3)ccc2c1. The predicted molar refractivity (Wildman–Crippen MR) is 104 cm³/mol. The Hall–Kier alpha value is -2.38. The highest BCUT2D eigenvalue weighted by atomic mass is 16.2. The molecule has 4 rings (SSSR count). The number of rotatable bonds is 2. The van der Waals surface area contributed by atoms with E-state index in [4.69, 9.17) is 6.57 Å². The molecule has 2 aromatic carbocycles. The van der Waals surface area contributed by atoms with Crippen LogP contribution in [-0.2, 0) is 4.79 Å². The van der Waals surface area contributed by atoms with Gasteiger partial charge in [0.2, 0.25) is 5.91 Å². The van der Waals surface area contributed by atoms with Gasteiger partial charge in [0, 0.05) is 19.0 Å². The van der Waals surface area contributed by atoms with Crippen LogP contribution in [0.1, 0.15) is 37.2 Å². The lowest BCUT2D eigenvalue weighted by molar-refractivity contribution is -0.137. The Morgan fingerprint density at radius 2 is 1.69 bits per heavy atom. The maximum atomic E-state index is 12.7. The van der Waals surface area contributed by atoms with Gasteiger partial charge in [0.25, 0.3) is 0 Å². The van der Waals surface area contributed by atoms with E-state index in [2.05, 4.69) is 33.3 Å². The van der Waals surface area contributed by atoms with Crippen molar-refractivity contribution in [2.45, 2.75) is 31.6 Å². The zero-order valence-corrected chi connectivity index (χ0v) is 15.1. The maximum Gasteiger partial charge on any atom is 0.225 e. The molecule has 1 N–H and O–H groups in total. The lowest BCUT2D eigenvalue weighted by Crippen LogP contribution is -2.44. The van der Waals surface area contributed by atoms with E-state index in [9.17, 15) is 4.79 Å². The summed E-state index contributed by atoms with van der Waals surface area (Å²) in [4.78, 5) is 18.3. The number of piperidine rings is 2. The number of likely N-dealkylation sites (tertiary alicyclic amines) is 1. The summed E-state index contributed by atoms with van der Waals surface area (Å²) in [7, 11) is 0. The van der Waals surface area contributed by atoms with E-state index in [1.54, 1.807) is 0 Å². The first-order chi connectivity index (χ1) is 12.7. The van der Waals surface area contributed by atoms with Gasteiger partial charge >= 0.3 is 0 Å². The molecule has 0 saturated carbocycles. The molecule has 4 heteroatoms. The molecule has 2 saturated heterocycles. The normalized spacial score (nSPS) is 19.4. The number of benzene rings is 2. The summed E-state index contributed by atoms with van der Waals surface area (Å²) in [6.07, 6.45) is 4.05. The molecule has 2 aromatic rings. The molecule has 0 unspecified atom stereocenters. The lowest BCUT2D eigenvalue weighted by atomic mass is 9.87. The average Bonchev–Trinajstić information content (AvgIpc) is 2.73. The first kappa shape index (κ1) is 17.1. The molecule has 134 valence electrons. The Labute approximate surface area is 155 Å². The summed E-state index contributed by atoms with van der Waals surface area (Å²) >= 11 is 0. The first-order valence-electron chi connectivity index (χ1n) is 9.65. The fourth-order valence-electron chi connectivity index (χ4n) is 4.34. The molecule has 0 aromatic heterocycles. The molecule has 0 bridgehead atoms. The van der Waals surface area contributed by atoms with Crippen molar-refractivity contribution in [1.82, 2.24) is 10.2 Å². The molecule has 2 aliphatic heterocycles. The van der Waals surface area contributed by atoms with Crippen LogP contribution in [0.5, 0.6) is 0 Å². The smallest absolute Gasteiger partial charge is 0.225 e. The predicted octanol–water partition coefficient (Wildman–Crippen LogP) is 4.10. The quantitative estimate of drug-likeness (QED) is 0.831. The Morgan fingerprint density at radius 3 is 2.42 bits per heavy atom. The Balaban J connectivity index is 1.42. The third-order valence-corrected chi connectivity index (χ3v) is 5.94. The van der Waals surface area contributed by atoms with Gasteiger partial charge in [-0.05, 0) is 67.1 Å². The summed E-state index contributed by atoms with van der Waals surface area (Å²) in [5.74, 6) is 1.12. The van der Waals surface area contributed by atoms with Crippen LogP contribution in [0.4, 0.5) is 5.69 Å². The summed E-state index contributed by atoms with van der Waals surface area (Å²) < 4.78 is 0. The van der Waals surface area contributed by atoms with Gasteiger partial charge < -0.3 is 10.2 Å². The molecule has 0 atom stereocenters. The second-order valence-corrected chi connectivity index (χ2v) is 7.53. The van der Waals surface area contributed by atoms with Crippen LogP contribution >= 0.6 is 0 Å². The number of amides is 1. The topological polar surface area (TPSA) is 36.7 Å². The maximum absolute atomic E-state index is 12.7. The van der Waals surface area contributed by atoms with Crippen LogP contribution in [0.15, 0.2) is 36.4 Å². The molecular weight excluding hydrogens is 322 g/mol. The van der Waals surface area contributed by atoms with Gasteiger partial charge in [-0.25, -0.2) is 4.85 Å². The molecule has 2 heterocycles. The van der Waals surface area contributed by atoms with E-state index in [1.807, 2.05) is 18.2 Å². The Kier molecular flexibility index (Phi) is 4.90. The highest BCUT2D eigenvalue weighted by molar-refractivity contribution is 5.86. The van der Waals surface area contributed by atoms with Gasteiger partial charge in [0.05, 0.1) is 6.57 Å². The third kappa shape index (κ3) is 3.45.